The largest absolute Gasteiger partial charge is 0.497 e. The van der Waals surface area contributed by atoms with Crippen LogP contribution < -0.4 is 10.1 Å². The van der Waals surface area contributed by atoms with Crippen LogP contribution in [0.1, 0.15) is 39.2 Å². The number of nitrogens with one attached hydrogen (secondary N) is 1. The van der Waals surface area contributed by atoms with E-state index in [0.717, 1.165) is 25.0 Å². The Hall–Kier alpha value is -1.06. The molecule has 0 bridgehead atoms. The van der Waals surface area contributed by atoms with E-state index >= 15 is 0 Å². The summed E-state index contributed by atoms with van der Waals surface area (Å²) >= 11 is 0. The lowest BCUT2D eigenvalue weighted by atomic mass is 10.0. The summed E-state index contributed by atoms with van der Waals surface area (Å²) in [7, 11) is 1.69. The third-order valence-corrected chi connectivity index (χ3v) is 3.29. The van der Waals surface area contributed by atoms with Crippen molar-refractivity contribution >= 4 is 0 Å². The number of aryl methyl sites for hydroxylation is 1. The first-order valence-corrected chi connectivity index (χ1v) is 7.08. The molecule has 3 unspecified atom stereocenters. The molecule has 3 nitrogen and oxygen atoms in total. The van der Waals surface area contributed by atoms with Crippen molar-refractivity contribution in [3.63, 3.8) is 0 Å². The maximum atomic E-state index is 9.34. The summed E-state index contributed by atoms with van der Waals surface area (Å²) in [5.74, 6) is 0.903. The molecule has 1 aromatic carbocycles. The van der Waals surface area contributed by atoms with Crippen LogP contribution in [-0.4, -0.2) is 30.4 Å². The van der Waals surface area contributed by atoms with Gasteiger partial charge in [0.2, 0.25) is 0 Å². The van der Waals surface area contributed by atoms with E-state index in [2.05, 4.69) is 31.3 Å². The summed E-state index contributed by atoms with van der Waals surface area (Å²) in [6.45, 7) is 6.15. The second-order valence-corrected chi connectivity index (χ2v) is 5.44. The van der Waals surface area contributed by atoms with E-state index < -0.39 is 0 Å². The fraction of sp³-hybridized carbons (Fsp3) is 0.625. The van der Waals surface area contributed by atoms with Crippen molar-refractivity contribution in [3.05, 3.63) is 29.8 Å². The number of hydrogen-bond acceptors (Lipinski definition) is 3. The van der Waals surface area contributed by atoms with Crippen molar-refractivity contribution in [2.45, 2.75) is 58.2 Å². The topological polar surface area (TPSA) is 41.5 Å². The van der Waals surface area contributed by atoms with Gasteiger partial charge in [0.25, 0.3) is 0 Å². The van der Waals surface area contributed by atoms with Crippen molar-refractivity contribution in [2.24, 2.45) is 0 Å². The van der Waals surface area contributed by atoms with Crippen LogP contribution in [-0.2, 0) is 6.42 Å². The fourth-order valence-corrected chi connectivity index (χ4v) is 2.32. The monoisotopic (exact) mass is 265 g/mol. The van der Waals surface area contributed by atoms with Gasteiger partial charge in [-0.25, -0.2) is 0 Å². The van der Waals surface area contributed by atoms with E-state index in [0.29, 0.717) is 12.1 Å². The van der Waals surface area contributed by atoms with Gasteiger partial charge in [0.15, 0.2) is 0 Å². The van der Waals surface area contributed by atoms with E-state index in [1.54, 1.807) is 7.11 Å². The SMILES string of the molecule is COc1ccc(CCC(C)NC(C)CC(C)O)cc1. The highest BCUT2D eigenvalue weighted by atomic mass is 16.5. The van der Waals surface area contributed by atoms with E-state index in [4.69, 9.17) is 4.74 Å². The lowest BCUT2D eigenvalue weighted by Crippen LogP contribution is -2.36. The smallest absolute Gasteiger partial charge is 0.118 e. The molecule has 3 atom stereocenters. The van der Waals surface area contributed by atoms with Crippen LogP contribution in [0, 0.1) is 0 Å². The molecule has 0 aliphatic rings. The van der Waals surface area contributed by atoms with Crippen LogP contribution in [0.25, 0.3) is 0 Å². The number of ether oxygens (including phenoxy) is 1. The molecule has 2 N–H and O–H groups in total. The third-order valence-electron chi connectivity index (χ3n) is 3.29. The van der Waals surface area contributed by atoms with Gasteiger partial charge in [0, 0.05) is 12.1 Å². The zero-order valence-corrected chi connectivity index (χ0v) is 12.5. The van der Waals surface area contributed by atoms with Crippen LogP contribution in [0.4, 0.5) is 0 Å². The van der Waals surface area contributed by atoms with Crippen molar-refractivity contribution in [3.8, 4) is 5.75 Å². The summed E-state index contributed by atoms with van der Waals surface area (Å²) in [6.07, 6.45) is 2.71. The predicted molar refractivity (Wildman–Crippen MR) is 79.7 cm³/mol. The fourth-order valence-electron chi connectivity index (χ4n) is 2.32. The van der Waals surface area contributed by atoms with Crippen molar-refractivity contribution in [2.75, 3.05) is 7.11 Å². The van der Waals surface area contributed by atoms with Crippen molar-refractivity contribution in [1.29, 1.82) is 0 Å². The molecule has 0 saturated carbocycles. The standard InChI is InChI=1S/C16H27NO2/c1-12(17-13(2)11-14(3)18)5-6-15-7-9-16(19-4)10-8-15/h7-10,12-14,17-18H,5-6,11H2,1-4H3. The first kappa shape index (κ1) is 16.0. The van der Waals surface area contributed by atoms with Gasteiger partial charge >= 0.3 is 0 Å². The van der Waals surface area contributed by atoms with Crippen LogP contribution >= 0.6 is 0 Å². The number of aliphatic hydroxyl groups is 1. The Morgan fingerprint density at radius 3 is 2.26 bits per heavy atom. The molecular weight excluding hydrogens is 238 g/mol. The Balaban J connectivity index is 2.30. The van der Waals surface area contributed by atoms with Gasteiger partial charge in [-0.15, -0.1) is 0 Å². The lowest BCUT2D eigenvalue weighted by molar-refractivity contribution is 0.168. The van der Waals surface area contributed by atoms with Crippen LogP contribution in [0.15, 0.2) is 24.3 Å². The minimum absolute atomic E-state index is 0.240. The van der Waals surface area contributed by atoms with E-state index in [1.807, 2.05) is 19.1 Å². The van der Waals surface area contributed by atoms with Crippen molar-refractivity contribution in [1.82, 2.24) is 5.32 Å². The summed E-state index contributed by atoms with van der Waals surface area (Å²) in [5.41, 5.74) is 1.33. The van der Waals surface area contributed by atoms with Gasteiger partial charge in [-0.1, -0.05) is 12.1 Å². The second-order valence-electron chi connectivity index (χ2n) is 5.44. The molecule has 108 valence electrons. The highest BCUT2D eigenvalue weighted by Gasteiger charge is 2.09. The normalized spacial score (nSPS) is 15.8. The van der Waals surface area contributed by atoms with Crippen molar-refractivity contribution < 1.29 is 9.84 Å². The average molecular weight is 265 g/mol. The van der Waals surface area contributed by atoms with E-state index in [-0.39, 0.29) is 6.10 Å². The quantitative estimate of drug-likeness (QED) is 0.759. The predicted octanol–water partition coefficient (Wildman–Crippen LogP) is 2.77. The van der Waals surface area contributed by atoms with Gasteiger partial charge < -0.3 is 15.2 Å². The Kier molecular flexibility index (Phi) is 6.89. The van der Waals surface area contributed by atoms with Gasteiger partial charge in [-0.2, -0.15) is 0 Å². The third kappa shape index (κ3) is 6.60. The minimum Gasteiger partial charge on any atom is -0.497 e. The van der Waals surface area contributed by atoms with E-state index in [9.17, 15) is 5.11 Å². The van der Waals surface area contributed by atoms with Gasteiger partial charge in [0.1, 0.15) is 5.75 Å². The molecule has 0 heterocycles. The summed E-state index contributed by atoms with van der Waals surface area (Å²) < 4.78 is 5.15. The van der Waals surface area contributed by atoms with Crippen LogP contribution in [0.2, 0.25) is 0 Å². The van der Waals surface area contributed by atoms with Gasteiger partial charge in [-0.05, 0) is 57.7 Å². The Labute approximate surface area is 117 Å². The molecule has 0 spiro atoms. The Morgan fingerprint density at radius 2 is 1.74 bits per heavy atom. The first-order valence-electron chi connectivity index (χ1n) is 7.08. The number of aliphatic hydroxyl groups excluding tert-OH is 1. The minimum atomic E-state index is -0.240. The molecule has 0 saturated heterocycles. The number of benzene rings is 1. The molecule has 19 heavy (non-hydrogen) atoms. The van der Waals surface area contributed by atoms with Crippen LogP contribution in [0.3, 0.4) is 0 Å². The molecule has 0 aliphatic heterocycles. The number of methoxy groups -OCH3 is 1. The molecule has 1 rings (SSSR count). The number of hydrogen-bond donors (Lipinski definition) is 2. The Bertz CT molecular complexity index is 348. The highest BCUT2D eigenvalue weighted by Crippen LogP contribution is 2.13. The maximum absolute atomic E-state index is 9.34. The molecule has 0 amide bonds. The van der Waals surface area contributed by atoms with Gasteiger partial charge in [-0.3, -0.25) is 0 Å². The number of rotatable bonds is 8. The Morgan fingerprint density at radius 1 is 1.11 bits per heavy atom. The maximum Gasteiger partial charge on any atom is 0.118 e. The zero-order chi connectivity index (χ0) is 14.3. The summed E-state index contributed by atoms with van der Waals surface area (Å²) in [4.78, 5) is 0. The van der Waals surface area contributed by atoms with Gasteiger partial charge in [0.05, 0.1) is 13.2 Å². The molecular formula is C16H27NO2. The van der Waals surface area contributed by atoms with E-state index in [1.165, 1.54) is 5.56 Å². The molecule has 0 radical (unpaired) electrons. The first-order chi connectivity index (χ1) is 9.01. The molecule has 3 heteroatoms. The molecule has 1 aromatic rings. The molecule has 0 fully saturated rings. The molecule has 0 aromatic heterocycles. The lowest BCUT2D eigenvalue weighted by Gasteiger charge is -2.21. The zero-order valence-electron chi connectivity index (χ0n) is 12.5. The summed E-state index contributed by atoms with van der Waals surface area (Å²) in [6, 6.07) is 9.05. The second kappa shape index (κ2) is 8.18. The highest BCUT2D eigenvalue weighted by molar-refractivity contribution is 5.27. The summed E-state index contributed by atoms with van der Waals surface area (Å²) in [5, 5.41) is 12.9. The van der Waals surface area contributed by atoms with Crippen LogP contribution in [0.5, 0.6) is 5.75 Å². The average Bonchev–Trinajstić information content (AvgIpc) is 2.36. The molecule has 0 aliphatic carbocycles.